The van der Waals surface area contributed by atoms with E-state index in [1.165, 1.54) is 12.8 Å². The lowest BCUT2D eigenvalue weighted by atomic mass is 10.0. The van der Waals surface area contributed by atoms with Crippen molar-refractivity contribution < 1.29 is 9.53 Å². The highest BCUT2D eigenvalue weighted by molar-refractivity contribution is 5.76. The van der Waals surface area contributed by atoms with Crippen LogP contribution in [-0.2, 0) is 9.53 Å². The van der Waals surface area contributed by atoms with E-state index >= 15 is 0 Å². The van der Waals surface area contributed by atoms with Gasteiger partial charge >= 0.3 is 0 Å². The zero-order chi connectivity index (χ0) is 10.5. The van der Waals surface area contributed by atoms with Crippen LogP contribution in [0.15, 0.2) is 0 Å². The van der Waals surface area contributed by atoms with Gasteiger partial charge in [-0.2, -0.15) is 0 Å². The molecule has 2 aliphatic heterocycles. The molecular weight excluding hydrogens is 192 g/mol. The molecule has 0 spiro atoms. The molecule has 2 heterocycles. The van der Waals surface area contributed by atoms with E-state index in [0.29, 0.717) is 12.3 Å². The second-order valence-corrected chi connectivity index (χ2v) is 4.48. The van der Waals surface area contributed by atoms with E-state index in [-0.39, 0.29) is 5.91 Å². The van der Waals surface area contributed by atoms with Crippen LogP contribution < -0.4 is 5.32 Å². The van der Waals surface area contributed by atoms with Gasteiger partial charge in [0, 0.05) is 39.2 Å². The van der Waals surface area contributed by atoms with Crippen LogP contribution in [-0.4, -0.2) is 50.2 Å². The second kappa shape index (κ2) is 5.47. The lowest BCUT2D eigenvalue weighted by molar-refractivity contribution is -0.120. The van der Waals surface area contributed by atoms with Crippen molar-refractivity contribution in [2.45, 2.75) is 19.3 Å². The largest absolute Gasteiger partial charge is 0.381 e. The third kappa shape index (κ3) is 3.47. The summed E-state index contributed by atoms with van der Waals surface area (Å²) in [6.07, 6.45) is 3.11. The van der Waals surface area contributed by atoms with Crippen molar-refractivity contribution in [1.82, 2.24) is 10.2 Å². The molecule has 0 aliphatic carbocycles. The Bertz CT molecular complexity index is 215. The van der Waals surface area contributed by atoms with Crippen LogP contribution in [0.4, 0.5) is 0 Å². The molecule has 2 saturated heterocycles. The summed E-state index contributed by atoms with van der Waals surface area (Å²) in [5.74, 6) is 0.865. The van der Waals surface area contributed by atoms with Gasteiger partial charge in [-0.05, 0) is 18.8 Å². The molecule has 0 bridgehead atoms. The van der Waals surface area contributed by atoms with Crippen LogP contribution >= 0.6 is 0 Å². The molecule has 1 unspecified atom stereocenters. The number of carbonyl (C=O) groups is 1. The van der Waals surface area contributed by atoms with Gasteiger partial charge in [0.25, 0.3) is 0 Å². The van der Waals surface area contributed by atoms with Gasteiger partial charge in [0.1, 0.15) is 0 Å². The molecule has 0 radical (unpaired) electrons. The first-order chi connectivity index (χ1) is 7.34. The number of amides is 1. The number of carbonyl (C=O) groups excluding carboxylic acids is 1. The number of rotatable bonds is 2. The second-order valence-electron chi connectivity index (χ2n) is 4.48. The van der Waals surface area contributed by atoms with Crippen LogP contribution in [0.25, 0.3) is 0 Å². The minimum atomic E-state index is 0.192. The zero-order valence-corrected chi connectivity index (χ0v) is 9.21. The summed E-state index contributed by atoms with van der Waals surface area (Å²) >= 11 is 0. The molecule has 0 aromatic rings. The minimum absolute atomic E-state index is 0.192. The van der Waals surface area contributed by atoms with E-state index in [2.05, 4.69) is 10.2 Å². The van der Waals surface area contributed by atoms with Crippen molar-refractivity contribution >= 4 is 5.91 Å². The average Bonchev–Trinajstić information content (AvgIpc) is 2.46. The number of nitrogens with zero attached hydrogens (tertiary/aromatic N) is 1. The zero-order valence-electron chi connectivity index (χ0n) is 9.21. The fourth-order valence-corrected chi connectivity index (χ4v) is 2.31. The van der Waals surface area contributed by atoms with Crippen LogP contribution in [0.2, 0.25) is 0 Å². The molecule has 4 heteroatoms. The van der Waals surface area contributed by atoms with Gasteiger partial charge in [-0.25, -0.2) is 0 Å². The van der Waals surface area contributed by atoms with Crippen molar-refractivity contribution in [2.75, 3.05) is 39.4 Å². The van der Waals surface area contributed by atoms with Crippen LogP contribution in [0.3, 0.4) is 0 Å². The van der Waals surface area contributed by atoms with E-state index in [9.17, 15) is 4.79 Å². The molecule has 1 N–H and O–H groups in total. The Morgan fingerprint density at radius 2 is 2.40 bits per heavy atom. The van der Waals surface area contributed by atoms with Crippen molar-refractivity contribution in [2.24, 2.45) is 5.92 Å². The van der Waals surface area contributed by atoms with Crippen LogP contribution in [0, 0.1) is 5.92 Å². The normalized spacial score (nSPS) is 29.6. The predicted molar refractivity (Wildman–Crippen MR) is 57.6 cm³/mol. The average molecular weight is 212 g/mol. The smallest absolute Gasteiger partial charge is 0.221 e. The quantitative estimate of drug-likeness (QED) is 0.712. The number of hydrogen-bond donors (Lipinski definition) is 1. The highest BCUT2D eigenvalue weighted by Gasteiger charge is 2.19. The molecule has 2 aliphatic rings. The van der Waals surface area contributed by atoms with Gasteiger partial charge in [-0.1, -0.05) is 0 Å². The third-order valence-corrected chi connectivity index (χ3v) is 3.18. The van der Waals surface area contributed by atoms with Crippen LogP contribution in [0.5, 0.6) is 0 Å². The van der Waals surface area contributed by atoms with Crippen molar-refractivity contribution in [3.05, 3.63) is 0 Å². The van der Waals surface area contributed by atoms with Gasteiger partial charge in [0.2, 0.25) is 5.91 Å². The maximum Gasteiger partial charge on any atom is 0.221 e. The van der Waals surface area contributed by atoms with Crippen LogP contribution in [0.1, 0.15) is 19.3 Å². The van der Waals surface area contributed by atoms with Crippen molar-refractivity contribution in [3.63, 3.8) is 0 Å². The Morgan fingerprint density at radius 3 is 3.20 bits per heavy atom. The molecule has 86 valence electrons. The van der Waals surface area contributed by atoms with Gasteiger partial charge in [-0.15, -0.1) is 0 Å². The summed E-state index contributed by atoms with van der Waals surface area (Å²) in [4.78, 5) is 13.5. The molecule has 0 saturated carbocycles. The summed E-state index contributed by atoms with van der Waals surface area (Å²) in [7, 11) is 0. The Labute approximate surface area is 91.0 Å². The first kappa shape index (κ1) is 10.9. The van der Waals surface area contributed by atoms with E-state index in [4.69, 9.17) is 4.74 Å². The molecule has 4 nitrogen and oxygen atoms in total. The first-order valence-corrected chi connectivity index (χ1v) is 5.91. The Morgan fingerprint density at radius 1 is 1.47 bits per heavy atom. The molecule has 0 aromatic heterocycles. The SMILES string of the molecule is O=C1CCN(CC2CCCOC2)CCN1. The Hall–Kier alpha value is -0.610. The molecule has 1 amide bonds. The van der Waals surface area contributed by atoms with E-state index in [1.54, 1.807) is 0 Å². The lowest BCUT2D eigenvalue weighted by Crippen LogP contribution is -2.35. The number of ether oxygens (including phenoxy) is 1. The highest BCUT2D eigenvalue weighted by Crippen LogP contribution is 2.15. The fraction of sp³-hybridized carbons (Fsp3) is 0.909. The van der Waals surface area contributed by atoms with E-state index < -0.39 is 0 Å². The maximum atomic E-state index is 11.2. The molecule has 2 rings (SSSR count). The van der Waals surface area contributed by atoms with Gasteiger partial charge in [-0.3, -0.25) is 4.79 Å². The molecule has 15 heavy (non-hydrogen) atoms. The molecule has 0 aromatic carbocycles. The Balaban J connectivity index is 1.75. The van der Waals surface area contributed by atoms with Gasteiger partial charge < -0.3 is 15.0 Å². The summed E-state index contributed by atoms with van der Waals surface area (Å²) in [6, 6.07) is 0. The molecule has 2 fully saturated rings. The van der Waals surface area contributed by atoms with Crippen molar-refractivity contribution in [3.8, 4) is 0 Å². The van der Waals surface area contributed by atoms with Crippen molar-refractivity contribution in [1.29, 1.82) is 0 Å². The Kier molecular flexibility index (Phi) is 3.97. The van der Waals surface area contributed by atoms with Gasteiger partial charge in [0.05, 0.1) is 6.61 Å². The summed E-state index contributed by atoms with van der Waals surface area (Å²) in [5, 5.41) is 2.90. The van der Waals surface area contributed by atoms with E-state index in [1.807, 2.05) is 0 Å². The minimum Gasteiger partial charge on any atom is -0.381 e. The fourth-order valence-electron chi connectivity index (χ4n) is 2.31. The van der Waals surface area contributed by atoms with Gasteiger partial charge in [0.15, 0.2) is 0 Å². The first-order valence-electron chi connectivity index (χ1n) is 5.91. The summed E-state index contributed by atoms with van der Waals surface area (Å²) in [6.45, 7) is 5.61. The maximum absolute atomic E-state index is 11.2. The highest BCUT2D eigenvalue weighted by atomic mass is 16.5. The number of hydrogen-bond acceptors (Lipinski definition) is 3. The lowest BCUT2D eigenvalue weighted by Gasteiger charge is -2.28. The predicted octanol–water partition coefficient (Wildman–Crippen LogP) is 0.235. The van der Waals surface area contributed by atoms with E-state index in [0.717, 1.165) is 39.4 Å². The summed E-state index contributed by atoms with van der Waals surface area (Å²) in [5.41, 5.74) is 0. The standard InChI is InChI=1S/C11H20N2O2/c14-11-3-5-13(6-4-12-11)8-10-2-1-7-15-9-10/h10H,1-9H2,(H,12,14). The number of nitrogens with one attached hydrogen (secondary N) is 1. The topological polar surface area (TPSA) is 41.6 Å². The summed E-state index contributed by atoms with van der Waals surface area (Å²) < 4.78 is 5.47. The molecular formula is C11H20N2O2. The monoisotopic (exact) mass is 212 g/mol. The third-order valence-electron chi connectivity index (χ3n) is 3.18. The molecule has 1 atom stereocenters.